The topological polar surface area (TPSA) is 90.6 Å². The van der Waals surface area contributed by atoms with Crippen molar-refractivity contribution in [1.29, 1.82) is 0 Å². The fourth-order valence-electron chi connectivity index (χ4n) is 3.40. The second kappa shape index (κ2) is 10.4. The van der Waals surface area contributed by atoms with Gasteiger partial charge >= 0.3 is 6.09 Å². The maximum Gasteiger partial charge on any atom is 0.409 e. The summed E-state index contributed by atoms with van der Waals surface area (Å²) in [6, 6.07) is 0. The zero-order valence-corrected chi connectivity index (χ0v) is 18.4. The number of hydrogen-bond acceptors (Lipinski definition) is 7. The third-order valence-corrected chi connectivity index (χ3v) is 5.38. The summed E-state index contributed by atoms with van der Waals surface area (Å²) in [4.78, 5) is 22.6. The molecule has 2 aromatic heterocycles. The van der Waals surface area contributed by atoms with Gasteiger partial charge in [-0.1, -0.05) is 25.4 Å². The summed E-state index contributed by atoms with van der Waals surface area (Å²) < 4.78 is 16.8. The van der Waals surface area contributed by atoms with E-state index in [4.69, 9.17) is 14.0 Å². The van der Waals surface area contributed by atoms with Gasteiger partial charge in [-0.25, -0.2) is 14.8 Å². The first-order chi connectivity index (χ1) is 14.4. The van der Waals surface area contributed by atoms with Crippen molar-refractivity contribution >= 4 is 6.09 Å². The highest BCUT2D eigenvalue weighted by molar-refractivity contribution is 5.67. The van der Waals surface area contributed by atoms with Crippen LogP contribution >= 0.6 is 0 Å². The lowest BCUT2D eigenvalue weighted by atomic mass is 9.98. The van der Waals surface area contributed by atoms with Crippen molar-refractivity contribution < 1.29 is 18.8 Å². The van der Waals surface area contributed by atoms with E-state index in [1.165, 1.54) is 19.3 Å². The van der Waals surface area contributed by atoms with Gasteiger partial charge in [0.1, 0.15) is 18.4 Å². The van der Waals surface area contributed by atoms with Gasteiger partial charge in [0.15, 0.2) is 5.76 Å². The molecule has 8 heteroatoms. The van der Waals surface area contributed by atoms with Crippen LogP contribution in [0.2, 0.25) is 0 Å². The van der Waals surface area contributed by atoms with Crippen LogP contribution in [-0.4, -0.2) is 45.8 Å². The summed E-state index contributed by atoms with van der Waals surface area (Å²) in [5.74, 6) is 1.50. The summed E-state index contributed by atoms with van der Waals surface area (Å²) in [6.07, 6.45) is 9.78. The van der Waals surface area contributed by atoms with Crippen molar-refractivity contribution in [2.75, 3.05) is 13.6 Å². The Balaban J connectivity index is 1.61. The second-order valence-electron chi connectivity index (χ2n) is 8.35. The molecule has 0 unspecified atom stereocenters. The molecule has 2 heterocycles. The molecule has 164 valence electrons. The Bertz CT molecular complexity index is 813. The Morgan fingerprint density at radius 1 is 1.23 bits per heavy atom. The van der Waals surface area contributed by atoms with Crippen LogP contribution < -0.4 is 4.74 Å². The highest BCUT2D eigenvalue weighted by atomic mass is 16.6. The lowest BCUT2D eigenvalue weighted by Crippen LogP contribution is -2.29. The molecule has 1 aliphatic carbocycles. The van der Waals surface area contributed by atoms with E-state index >= 15 is 0 Å². The smallest absolute Gasteiger partial charge is 0.409 e. The molecule has 0 spiro atoms. The molecule has 30 heavy (non-hydrogen) atoms. The minimum atomic E-state index is -0.371. The van der Waals surface area contributed by atoms with Crippen molar-refractivity contribution in [2.24, 2.45) is 5.92 Å². The number of carbonyl (C=O) groups excluding carboxylic acids is 1. The highest BCUT2D eigenvalue weighted by Gasteiger charge is 2.20. The fraction of sp³-hybridized carbons (Fsp3) is 0.636. The number of aryl methyl sites for hydroxylation is 1. The SMILES string of the molecule is Cc1noc(-c2cnc(OC3CCCCC3)cn2)c1COC(=O)N(C)CCC(C)C. The molecule has 1 saturated carbocycles. The lowest BCUT2D eigenvalue weighted by Gasteiger charge is -2.22. The Kier molecular flexibility index (Phi) is 7.65. The van der Waals surface area contributed by atoms with Gasteiger partial charge in [-0.15, -0.1) is 0 Å². The number of ether oxygens (including phenoxy) is 2. The van der Waals surface area contributed by atoms with Gasteiger partial charge in [0.25, 0.3) is 0 Å². The molecule has 8 nitrogen and oxygen atoms in total. The molecule has 1 amide bonds. The van der Waals surface area contributed by atoms with E-state index in [0.717, 1.165) is 19.3 Å². The van der Waals surface area contributed by atoms with Crippen molar-refractivity contribution in [1.82, 2.24) is 20.0 Å². The van der Waals surface area contributed by atoms with Crippen LogP contribution in [0.15, 0.2) is 16.9 Å². The van der Waals surface area contributed by atoms with Gasteiger partial charge in [-0.2, -0.15) is 0 Å². The third kappa shape index (κ3) is 5.93. The van der Waals surface area contributed by atoms with Gasteiger partial charge in [-0.05, 0) is 44.9 Å². The third-order valence-electron chi connectivity index (χ3n) is 5.38. The van der Waals surface area contributed by atoms with Crippen molar-refractivity contribution in [2.45, 2.75) is 72.0 Å². The molecule has 1 fully saturated rings. The van der Waals surface area contributed by atoms with Crippen LogP contribution in [-0.2, 0) is 11.3 Å². The Morgan fingerprint density at radius 2 is 2.00 bits per heavy atom. The average Bonchev–Trinajstić information content (AvgIpc) is 3.11. The Labute approximate surface area is 178 Å². The van der Waals surface area contributed by atoms with E-state index < -0.39 is 0 Å². The molecular formula is C22H32N4O4. The van der Waals surface area contributed by atoms with Crippen LogP contribution in [0, 0.1) is 12.8 Å². The van der Waals surface area contributed by atoms with Crippen LogP contribution in [0.5, 0.6) is 5.88 Å². The highest BCUT2D eigenvalue weighted by Crippen LogP contribution is 2.27. The number of nitrogens with zero attached hydrogens (tertiary/aromatic N) is 4. The van der Waals surface area contributed by atoms with Crippen LogP contribution in [0.25, 0.3) is 11.5 Å². The summed E-state index contributed by atoms with van der Waals surface area (Å²) in [7, 11) is 1.74. The van der Waals surface area contributed by atoms with E-state index in [0.29, 0.717) is 41.1 Å². The molecule has 0 aromatic carbocycles. The van der Waals surface area contributed by atoms with Crippen molar-refractivity contribution in [3.63, 3.8) is 0 Å². The molecule has 0 bridgehead atoms. The minimum Gasteiger partial charge on any atom is -0.473 e. The summed E-state index contributed by atoms with van der Waals surface area (Å²) in [5, 5.41) is 4.01. The maximum absolute atomic E-state index is 12.3. The molecule has 0 atom stereocenters. The number of rotatable bonds is 8. The first kappa shape index (κ1) is 22.1. The van der Waals surface area contributed by atoms with E-state index in [1.807, 2.05) is 6.92 Å². The zero-order valence-electron chi connectivity index (χ0n) is 18.4. The fourth-order valence-corrected chi connectivity index (χ4v) is 3.40. The zero-order chi connectivity index (χ0) is 21.5. The average molecular weight is 417 g/mol. The molecule has 3 rings (SSSR count). The summed E-state index contributed by atoms with van der Waals surface area (Å²) >= 11 is 0. The minimum absolute atomic E-state index is 0.0670. The van der Waals surface area contributed by atoms with Gasteiger partial charge in [0, 0.05) is 13.6 Å². The van der Waals surface area contributed by atoms with E-state index in [2.05, 4.69) is 29.0 Å². The number of aromatic nitrogens is 3. The molecule has 1 aliphatic rings. The molecular weight excluding hydrogens is 384 g/mol. The van der Waals surface area contributed by atoms with Gasteiger partial charge in [-0.3, -0.25) is 0 Å². The Morgan fingerprint density at radius 3 is 2.67 bits per heavy atom. The summed E-state index contributed by atoms with van der Waals surface area (Å²) in [5.41, 5.74) is 1.88. The molecule has 0 radical (unpaired) electrons. The van der Waals surface area contributed by atoms with E-state index in [-0.39, 0.29) is 18.8 Å². The van der Waals surface area contributed by atoms with Gasteiger partial charge in [0.05, 0.1) is 23.7 Å². The lowest BCUT2D eigenvalue weighted by molar-refractivity contribution is 0.103. The second-order valence-corrected chi connectivity index (χ2v) is 8.35. The van der Waals surface area contributed by atoms with E-state index in [1.54, 1.807) is 24.3 Å². The van der Waals surface area contributed by atoms with Crippen LogP contribution in [0.1, 0.15) is 63.6 Å². The monoisotopic (exact) mass is 416 g/mol. The first-order valence-electron chi connectivity index (χ1n) is 10.8. The summed E-state index contributed by atoms with van der Waals surface area (Å²) in [6.45, 7) is 6.78. The number of carbonyl (C=O) groups is 1. The predicted molar refractivity (Wildman–Crippen MR) is 112 cm³/mol. The standard InChI is InChI=1S/C22H32N4O4/c1-15(2)10-11-26(4)22(27)28-14-18-16(3)25-30-21(18)19-12-24-20(13-23-19)29-17-8-6-5-7-9-17/h12-13,15,17H,5-11,14H2,1-4H3. The molecule has 2 aromatic rings. The molecule has 0 saturated heterocycles. The van der Waals surface area contributed by atoms with Gasteiger partial charge in [0.2, 0.25) is 5.88 Å². The first-order valence-corrected chi connectivity index (χ1v) is 10.8. The molecule has 0 N–H and O–H groups in total. The van der Waals surface area contributed by atoms with Crippen molar-refractivity contribution in [3.8, 4) is 17.3 Å². The normalized spacial score (nSPS) is 14.7. The van der Waals surface area contributed by atoms with Crippen molar-refractivity contribution in [3.05, 3.63) is 23.7 Å². The maximum atomic E-state index is 12.3. The van der Waals surface area contributed by atoms with Crippen LogP contribution in [0.4, 0.5) is 4.79 Å². The van der Waals surface area contributed by atoms with E-state index in [9.17, 15) is 4.79 Å². The number of amides is 1. The largest absolute Gasteiger partial charge is 0.473 e. The predicted octanol–water partition coefficient (Wildman–Crippen LogP) is 4.77. The van der Waals surface area contributed by atoms with Gasteiger partial charge < -0.3 is 18.9 Å². The quantitative estimate of drug-likeness (QED) is 0.612. The van der Waals surface area contributed by atoms with Crippen LogP contribution in [0.3, 0.4) is 0 Å². The Hall–Kier alpha value is -2.64. The number of hydrogen-bond donors (Lipinski definition) is 0. The molecule has 0 aliphatic heterocycles.